The molecule has 6 aromatic rings. The second-order valence-corrected chi connectivity index (χ2v) is 18.0. The molecule has 8 rings (SSSR count). The number of nitrogens with one attached hydrogen (secondary N) is 2. The number of benzene rings is 5. The highest BCUT2D eigenvalue weighted by molar-refractivity contribution is 8.00. The molecule has 1 aromatic heterocycles. The number of carboxylic acid groups (broad SMARTS) is 1. The number of carboxylic acids is 1. The largest absolute Gasteiger partial charge is 0.477 e. The quantitative estimate of drug-likeness (QED) is 0.0267. The van der Waals surface area contributed by atoms with Crippen molar-refractivity contribution in [3.63, 3.8) is 0 Å². The number of anilines is 1. The summed E-state index contributed by atoms with van der Waals surface area (Å²) in [5.74, 6) is -4.22. The fourth-order valence-electron chi connectivity index (χ4n) is 7.81. The Labute approximate surface area is 394 Å². The molecule has 2 aliphatic rings. The van der Waals surface area contributed by atoms with Gasteiger partial charge in [-0.1, -0.05) is 157 Å². The number of aliphatic carboxylic acids is 1. The molecule has 0 bridgehead atoms. The number of β-lactam (4-membered cyclic amide) rings is 1. The van der Waals surface area contributed by atoms with Gasteiger partial charge in [-0.15, -0.1) is 23.1 Å². The van der Waals surface area contributed by atoms with E-state index in [0.717, 1.165) is 32.7 Å². The fourth-order valence-corrected chi connectivity index (χ4v) is 9.89. The Morgan fingerprint density at radius 3 is 1.81 bits per heavy atom. The highest BCUT2D eigenvalue weighted by Crippen LogP contribution is 2.42. The molecule has 0 saturated carbocycles. The predicted molar refractivity (Wildman–Crippen MR) is 254 cm³/mol. The van der Waals surface area contributed by atoms with E-state index in [1.54, 1.807) is 5.38 Å². The second-order valence-electron chi connectivity index (χ2n) is 16.1. The highest BCUT2D eigenvalue weighted by Gasteiger charge is 2.54. The van der Waals surface area contributed by atoms with E-state index in [2.05, 4.69) is 15.8 Å². The second kappa shape index (κ2) is 19.9. The smallest absolute Gasteiger partial charge is 0.353 e. The summed E-state index contributed by atoms with van der Waals surface area (Å²) in [4.78, 5) is 78.3. The van der Waals surface area contributed by atoms with Gasteiger partial charge >= 0.3 is 17.9 Å². The number of thiazole rings is 1. The van der Waals surface area contributed by atoms with Crippen LogP contribution in [-0.4, -0.2) is 79.8 Å². The summed E-state index contributed by atoms with van der Waals surface area (Å²) in [6.45, 7) is 3.82. The van der Waals surface area contributed by atoms with E-state index >= 15 is 0 Å². The molecule has 0 spiro atoms. The number of rotatable bonds is 17. The molecular weight excluding hydrogens is 891 g/mol. The lowest BCUT2D eigenvalue weighted by molar-refractivity contribution is -0.172. The van der Waals surface area contributed by atoms with Gasteiger partial charge in [0.05, 0.1) is 0 Å². The number of aromatic nitrogens is 1. The molecule has 16 heteroatoms. The molecule has 1 saturated heterocycles. The summed E-state index contributed by atoms with van der Waals surface area (Å²) in [5, 5.41) is 22.0. The van der Waals surface area contributed by atoms with Gasteiger partial charge in [0, 0.05) is 23.6 Å². The van der Waals surface area contributed by atoms with Crippen molar-refractivity contribution in [1.82, 2.24) is 15.2 Å². The van der Waals surface area contributed by atoms with Crippen molar-refractivity contribution in [3.8, 4) is 0 Å². The van der Waals surface area contributed by atoms with Gasteiger partial charge in [-0.2, -0.15) is 0 Å². The number of nitrogens with zero attached hydrogens (tertiary/aromatic N) is 3. The van der Waals surface area contributed by atoms with Gasteiger partial charge < -0.3 is 30.1 Å². The number of esters is 2. The maximum absolute atomic E-state index is 14.6. The van der Waals surface area contributed by atoms with Crippen LogP contribution in [0.5, 0.6) is 0 Å². The Bertz CT molecular complexity index is 2690. The van der Waals surface area contributed by atoms with Gasteiger partial charge in [-0.05, 0) is 41.7 Å². The van der Waals surface area contributed by atoms with E-state index in [4.69, 9.17) is 19.3 Å². The molecule has 1 unspecified atom stereocenters. The van der Waals surface area contributed by atoms with Gasteiger partial charge in [0.1, 0.15) is 35.0 Å². The zero-order valence-corrected chi connectivity index (χ0v) is 38.2. The zero-order valence-electron chi connectivity index (χ0n) is 36.5. The topological polar surface area (TPSA) is 186 Å². The average molecular weight is 936 g/mol. The number of carbonyl (C=O) groups excluding carboxylic acids is 4. The highest BCUT2D eigenvalue weighted by atomic mass is 32.2. The number of fused-ring (bicyclic) bond motifs is 1. The molecule has 2 amide bonds. The number of hydrogen-bond donors (Lipinski definition) is 3. The third-order valence-corrected chi connectivity index (χ3v) is 13.2. The van der Waals surface area contributed by atoms with E-state index in [1.807, 2.05) is 152 Å². The van der Waals surface area contributed by atoms with Crippen LogP contribution in [0.25, 0.3) is 0 Å². The van der Waals surface area contributed by atoms with Gasteiger partial charge in [-0.3, -0.25) is 19.3 Å². The van der Waals surface area contributed by atoms with Crippen LogP contribution in [-0.2, 0) is 43.8 Å². The first-order valence-corrected chi connectivity index (χ1v) is 23.1. The van der Waals surface area contributed by atoms with E-state index in [9.17, 15) is 29.1 Å². The molecule has 3 heterocycles. The molecule has 2 aliphatic heterocycles. The number of amides is 2. The van der Waals surface area contributed by atoms with E-state index in [-0.39, 0.29) is 35.0 Å². The molecule has 1 fully saturated rings. The van der Waals surface area contributed by atoms with Crippen molar-refractivity contribution >= 4 is 63.7 Å². The molecule has 3 N–H and O–H groups in total. The summed E-state index contributed by atoms with van der Waals surface area (Å²) >= 11 is 2.41. The van der Waals surface area contributed by atoms with E-state index < -0.39 is 58.4 Å². The van der Waals surface area contributed by atoms with Crippen LogP contribution in [0.15, 0.2) is 173 Å². The lowest BCUT2D eigenvalue weighted by Gasteiger charge is -2.49. The Hall–Kier alpha value is -7.56. The first-order chi connectivity index (χ1) is 32.4. The zero-order chi connectivity index (χ0) is 47.1. The number of carbonyl (C=O) groups is 5. The standard InChI is InChI=1S/C51H45N5O9S2/c1-32(57)63-29-35-30-66-46-41(45(59)56(46)42(35)47(60)61)53-44(58)40(55-65-50(2,3)48(62)64-43(33-19-9-4-10-20-33)34-21-11-5-12-22-34)39-31-67-49(52-39)54-51(36-23-13-6-14-24-36,37-25-15-7-16-26-37)38-27-17-8-18-28-38/h4-28,31,41,43,46H,29-30H2,1-3H3,(H,52,54)(H,53,58)(H,60,61)/t41?,46-/m0/s1. The van der Waals surface area contributed by atoms with Crippen molar-refractivity contribution < 1.29 is 43.4 Å². The Kier molecular flexibility index (Phi) is 13.7. The summed E-state index contributed by atoms with van der Waals surface area (Å²) in [5.41, 5.74) is 1.06. The number of oxime groups is 1. The van der Waals surface area contributed by atoms with Crippen molar-refractivity contribution in [2.75, 3.05) is 17.7 Å². The summed E-state index contributed by atoms with van der Waals surface area (Å²) in [6, 6.07) is 46.9. The maximum Gasteiger partial charge on any atom is 0.353 e. The minimum Gasteiger partial charge on any atom is -0.477 e. The van der Waals surface area contributed by atoms with Crippen molar-refractivity contribution in [1.29, 1.82) is 0 Å². The van der Waals surface area contributed by atoms with Crippen LogP contribution in [0.3, 0.4) is 0 Å². The van der Waals surface area contributed by atoms with Crippen LogP contribution in [0.4, 0.5) is 5.13 Å². The van der Waals surface area contributed by atoms with Crippen LogP contribution in [0.1, 0.15) is 60.4 Å². The molecule has 67 heavy (non-hydrogen) atoms. The van der Waals surface area contributed by atoms with Crippen molar-refractivity contribution in [3.05, 3.63) is 202 Å². The maximum atomic E-state index is 14.6. The molecule has 0 radical (unpaired) electrons. The van der Waals surface area contributed by atoms with Gasteiger partial charge in [-0.25, -0.2) is 14.6 Å². The van der Waals surface area contributed by atoms with Crippen LogP contribution in [0, 0.1) is 0 Å². The Morgan fingerprint density at radius 2 is 1.31 bits per heavy atom. The molecule has 2 atom stereocenters. The first kappa shape index (κ1) is 46.0. The van der Waals surface area contributed by atoms with E-state index in [0.29, 0.717) is 5.13 Å². The van der Waals surface area contributed by atoms with Crippen molar-refractivity contribution in [2.24, 2.45) is 5.16 Å². The van der Waals surface area contributed by atoms with Crippen LogP contribution in [0.2, 0.25) is 0 Å². The van der Waals surface area contributed by atoms with Gasteiger partial charge in [0.15, 0.2) is 16.9 Å². The third kappa shape index (κ3) is 9.71. The number of hydrogen-bond acceptors (Lipinski definition) is 13. The number of ether oxygens (including phenoxy) is 2. The Morgan fingerprint density at radius 1 is 0.806 bits per heavy atom. The van der Waals surface area contributed by atoms with Crippen molar-refractivity contribution in [2.45, 2.75) is 49.4 Å². The lowest BCUT2D eigenvalue weighted by atomic mass is 9.77. The molecule has 5 aromatic carbocycles. The fraction of sp³-hybridized carbons (Fsp3) is 0.196. The predicted octanol–water partition coefficient (Wildman–Crippen LogP) is 7.68. The number of thioether (sulfide) groups is 1. The Balaban J connectivity index is 1.14. The molecule has 340 valence electrons. The van der Waals surface area contributed by atoms with Gasteiger partial charge in [0.25, 0.3) is 11.8 Å². The normalized spacial score (nSPS) is 16.1. The molecule has 14 nitrogen and oxygen atoms in total. The molecule has 0 aliphatic carbocycles. The summed E-state index contributed by atoms with van der Waals surface area (Å²) in [7, 11) is 0. The monoisotopic (exact) mass is 935 g/mol. The van der Waals surface area contributed by atoms with Crippen LogP contribution < -0.4 is 10.6 Å². The first-order valence-electron chi connectivity index (χ1n) is 21.2. The third-order valence-electron chi connectivity index (χ3n) is 11.1. The minimum atomic E-state index is -1.77. The van der Waals surface area contributed by atoms with E-state index in [1.165, 1.54) is 43.9 Å². The van der Waals surface area contributed by atoms with Gasteiger partial charge in [0.2, 0.25) is 5.60 Å². The summed E-state index contributed by atoms with van der Waals surface area (Å²) in [6.07, 6.45) is -0.796. The minimum absolute atomic E-state index is 0.0541. The SMILES string of the molecule is CC(=O)OCC1=C(C(=O)O)N2C(=O)C(NC(=O)C(=NOC(C)(C)C(=O)OC(c3ccccc3)c3ccccc3)c3csc(NC(c4ccccc4)(c4ccccc4)c4ccccc4)n3)[C@@H]2SC1. The summed E-state index contributed by atoms with van der Waals surface area (Å²) < 4.78 is 11.2. The molecular formula is C51H45N5O9S2. The lowest BCUT2D eigenvalue weighted by Crippen LogP contribution is -2.71. The average Bonchev–Trinajstić information content (AvgIpc) is 3.82. The van der Waals surface area contributed by atoms with Crippen LogP contribution >= 0.6 is 23.1 Å².